The summed E-state index contributed by atoms with van der Waals surface area (Å²) in [5.41, 5.74) is 1.02. The number of carbonyl (C=O) groups excluding carboxylic acids is 1. The summed E-state index contributed by atoms with van der Waals surface area (Å²) >= 11 is 7.52. The number of halogens is 1. The van der Waals surface area contributed by atoms with Crippen molar-refractivity contribution < 1.29 is 13.9 Å². The Morgan fingerprint density at radius 3 is 2.77 bits per heavy atom. The van der Waals surface area contributed by atoms with Gasteiger partial charge < -0.3 is 9.15 Å². The van der Waals surface area contributed by atoms with Crippen LogP contribution in [0.2, 0.25) is 5.02 Å². The van der Waals surface area contributed by atoms with E-state index in [2.05, 4.69) is 24.0 Å². The average Bonchev–Trinajstić information content (AvgIpc) is 3.42. The van der Waals surface area contributed by atoms with Crippen LogP contribution in [0.5, 0.6) is 5.75 Å². The van der Waals surface area contributed by atoms with Crippen molar-refractivity contribution in [3.05, 3.63) is 79.6 Å². The highest BCUT2D eigenvalue weighted by atomic mass is 35.5. The first kappa shape index (κ1) is 23.5. The van der Waals surface area contributed by atoms with E-state index in [9.17, 15) is 9.59 Å². The second kappa shape index (κ2) is 9.79. The fraction of sp³-hybridized carbons (Fsp3) is 0.308. The number of rotatable bonds is 8. The number of anilines is 1. The van der Waals surface area contributed by atoms with E-state index >= 15 is 0 Å². The van der Waals surface area contributed by atoms with Crippen LogP contribution in [-0.4, -0.2) is 22.7 Å². The molecule has 35 heavy (non-hydrogen) atoms. The molecule has 0 saturated carbocycles. The number of carbonyl (C=O) groups is 1. The Kier molecular flexibility index (Phi) is 6.58. The van der Waals surface area contributed by atoms with Gasteiger partial charge in [0.1, 0.15) is 16.3 Å². The van der Waals surface area contributed by atoms with Gasteiger partial charge in [0.2, 0.25) is 10.9 Å². The Morgan fingerprint density at radius 1 is 1.11 bits per heavy atom. The van der Waals surface area contributed by atoms with Crippen LogP contribution in [-0.2, 0) is 6.42 Å². The third-order valence-electron chi connectivity index (χ3n) is 5.90. The van der Waals surface area contributed by atoms with Crippen molar-refractivity contribution in [1.29, 1.82) is 0 Å². The molecule has 0 spiro atoms. The number of unbranched alkanes of at least 4 members (excludes halogenated alkanes) is 1. The fourth-order valence-electron chi connectivity index (χ4n) is 4.22. The lowest BCUT2D eigenvalue weighted by molar-refractivity contribution is 0.0970. The predicted molar refractivity (Wildman–Crippen MR) is 137 cm³/mol. The van der Waals surface area contributed by atoms with Crippen molar-refractivity contribution in [3.63, 3.8) is 0 Å². The third-order valence-corrected chi connectivity index (χ3v) is 7.12. The number of amides is 1. The molecule has 7 nitrogen and oxygen atoms in total. The number of ether oxygens (including phenoxy) is 1. The number of nitrogens with zero attached hydrogens (tertiary/aromatic N) is 3. The molecule has 0 fully saturated rings. The van der Waals surface area contributed by atoms with Gasteiger partial charge in [-0.05, 0) is 48.7 Å². The molecule has 0 radical (unpaired) electrons. The molecule has 0 saturated heterocycles. The number of aromatic nitrogens is 2. The lowest BCUT2D eigenvalue weighted by Gasteiger charge is -2.22. The van der Waals surface area contributed by atoms with Crippen molar-refractivity contribution in [2.45, 2.75) is 45.6 Å². The van der Waals surface area contributed by atoms with Crippen LogP contribution >= 0.6 is 22.9 Å². The Balaban J connectivity index is 1.69. The van der Waals surface area contributed by atoms with Gasteiger partial charge in [-0.3, -0.25) is 14.5 Å². The molecule has 1 aliphatic rings. The summed E-state index contributed by atoms with van der Waals surface area (Å²) in [7, 11) is 0. The summed E-state index contributed by atoms with van der Waals surface area (Å²) in [6, 6.07) is 11.6. The number of hydrogen-bond donors (Lipinski definition) is 0. The zero-order valence-corrected chi connectivity index (χ0v) is 21.0. The van der Waals surface area contributed by atoms with Crippen LogP contribution < -0.4 is 15.1 Å². The maximum atomic E-state index is 13.7. The normalized spacial score (nSPS) is 15.1. The smallest absolute Gasteiger partial charge is 0.297 e. The summed E-state index contributed by atoms with van der Waals surface area (Å²) in [4.78, 5) is 28.9. The SMILES string of the molecule is CCCCOc1cccc(C2c3c(oc4ccc(Cl)cc4c3=O)C(=O)N2c2nnc(CCC)s2)c1. The first-order chi connectivity index (χ1) is 17.0. The van der Waals surface area contributed by atoms with Crippen LogP contribution in [0, 0.1) is 0 Å². The predicted octanol–water partition coefficient (Wildman–Crippen LogP) is 6.18. The van der Waals surface area contributed by atoms with E-state index in [1.807, 2.05) is 24.3 Å². The van der Waals surface area contributed by atoms with Crippen molar-refractivity contribution in [3.8, 4) is 5.75 Å². The Labute approximate surface area is 211 Å². The molecule has 180 valence electrons. The zero-order valence-electron chi connectivity index (χ0n) is 19.4. The monoisotopic (exact) mass is 509 g/mol. The van der Waals surface area contributed by atoms with E-state index in [4.69, 9.17) is 20.8 Å². The van der Waals surface area contributed by atoms with Crippen LogP contribution in [0.1, 0.15) is 65.8 Å². The van der Waals surface area contributed by atoms with Crippen LogP contribution in [0.15, 0.2) is 51.7 Å². The van der Waals surface area contributed by atoms with Crippen LogP contribution in [0.4, 0.5) is 5.13 Å². The molecule has 5 rings (SSSR count). The van der Waals surface area contributed by atoms with Gasteiger partial charge in [0.25, 0.3) is 5.91 Å². The van der Waals surface area contributed by atoms with Gasteiger partial charge >= 0.3 is 0 Å². The Morgan fingerprint density at radius 2 is 1.97 bits per heavy atom. The molecule has 2 aromatic heterocycles. The molecular formula is C26H24ClN3O4S. The van der Waals surface area contributed by atoms with E-state index in [1.54, 1.807) is 18.2 Å². The minimum Gasteiger partial charge on any atom is -0.494 e. The van der Waals surface area contributed by atoms with Gasteiger partial charge in [-0.2, -0.15) is 0 Å². The van der Waals surface area contributed by atoms with E-state index in [0.717, 1.165) is 36.3 Å². The molecule has 1 amide bonds. The number of benzene rings is 2. The highest BCUT2D eigenvalue weighted by molar-refractivity contribution is 7.15. The third kappa shape index (κ3) is 4.32. The fourth-order valence-corrected chi connectivity index (χ4v) is 5.36. The summed E-state index contributed by atoms with van der Waals surface area (Å²) in [6.45, 7) is 4.75. The van der Waals surface area contributed by atoms with Crippen molar-refractivity contribution in [2.24, 2.45) is 0 Å². The van der Waals surface area contributed by atoms with Gasteiger partial charge in [0.05, 0.1) is 23.6 Å². The highest BCUT2D eigenvalue weighted by Gasteiger charge is 2.45. The minimum atomic E-state index is -0.728. The first-order valence-electron chi connectivity index (χ1n) is 11.7. The average molecular weight is 510 g/mol. The maximum absolute atomic E-state index is 13.7. The molecule has 0 aliphatic carbocycles. The second-order valence-electron chi connectivity index (χ2n) is 8.40. The largest absolute Gasteiger partial charge is 0.494 e. The Hall–Kier alpha value is -3.23. The van der Waals surface area contributed by atoms with E-state index in [0.29, 0.717) is 33.5 Å². The molecule has 0 bridgehead atoms. The standard InChI is InChI=1S/C26H24ClN3O4S/c1-3-5-12-33-17-9-6-8-15(13-17)22-21-23(31)18-14-16(27)10-11-19(18)34-24(21)25(32)30(22)26-29-28-20(35-26)7-4-2/h6,8-11,13-14,22H,3-5,7,12H2,1-2H3. The minimum absolute atomic E-state index is 0.0133. The van der Waals surface area contributed by atoms with Crippen LogP contribution in [0.3, 0.4) is 0 Å². The maximum Gasteiger partial charge on any atom is 0.297 e. The summed E-state index contributed by atoms with van der Waals surface area (Å²) in [5.74, 6) is 0.267. The van der Waals surface area contributed by atoms with Gasteiger partial charge in [-0.15, -0.1) is 10.2 Å². The van der Waals surface area contributed by atoms with E-state index in [1.165, 1.54) is 16.2 Å². The molecule has 1 atom stereocenters. The Bertz CT molecular complexity index is 1460. The quantitative estimate of drug-likeness (QED) is 0.264. The first-order valence-corrected chi connectivity index (χ1v) is 12.9. The molecular weight excluding hydrogens is 486 g/mol. The number of aryl methyl sites for hydroxylation is 1. The molecule has 3 heterocycles. The van der Waals surface area contributed by atoms with Gasteiger partial charge in [-0.1, -0.05) is 55.3 Å². The topological polar surface area (TPSA) is 85.5 Å². The van der Waals surface area contributed by atoms with Crippen molar-refractivity contribution in [1.82, 2.24) is 10.2 Å². The van der Waals surface area contributed by atoms with Gasteiger partial charge in [-0.25, -0.2) is 0 Å². The van der Waals surface area contributed by atoms with E-state index in [-0.39, 0.29) is 16.8 Å². The number of fused-ring (bicyclic) bond motifs is 2. The van der Waals surface area contributed by atoms with Crippen molar-refractivity contribution in [2.75, 3.05) is 11.5 Å². The molecule has 1 unspecified atom stereocenters. The van der Waals surface area contributed by atoms with Gasteiger partial charge in [0.15, 0.2) is 5.43 Å². The van der Waals surface area contributed by atoms with Gasteiger partial charge in [0, 0.05) is 11.4 Å². The summed E-state index contributed by atoms with van der Waals surface area (Å²) in [6.07, 6.45) is 3.63. The van der Waals surface area contributed by atoms with E-state index < -0.39 is 11.9 Å². The highest BCUT2D eigenvalue weighted by Crippen LogP contribution is 2.43. The molecule has 9 heteroatoms. The van der Waals surface area contributed by atoms with Crippen molar-refractivity contribution >= 4 is 44.9 Å². The molecule has 0 N–H and O–H groups in total. The number of hydrogen-bond acceptors (Lipinski definition) is 7. The summed E-state index contributed by atoms with van der Waals surface area (Å²) in [5, 5.41) is 10.6. The zero-order chi connectivity index (χ0) is 24.5. The van der Waals surface area contributed by atoms with Crippen LogP contribution in [0.25, 0.3) is 11.0 Å². The molecule has 2 aromatic carbocycles. The lowest BCUT2D eigenvalue weighted by Crippen LogP contribution is -2.29. The summed E-state index contributed by atoms with van der Waals surface area (Å²) < 4.78 is 11.9. The molecule has 4 aromatic rings. The second-order valence-corrected chi connectivity index (χ2v) is 9.87. The lowest BCUT2D eigenvalue weighted by atomic mass is 9.98. The molecule has 1 aliphatic heterocycles.